The van der Waals surface area contributed by atoms with Crippen LogP contribution in [0.5, 0.6) is 0 Å². The third-order valence-electron chi connectivity index (χ3n) is 2.73. The van der Waals surface area contributed by atoms with Crippen LogP contribution in [-0.4, -0.2) is 29.3 Å². The van der Waals surface area contributed by atoms with Gasteiger partial charge < -0.3 is 15.5 Å². The molecule has 0 bridgehead atoms. The number of nitrogens with one attached hydrogen (secondary N) is 1. The van der Waals surface area contributed by atoms with Crippen molar-refractivity contribution >= 4 is 11.7 Å². The molecular weight excluding hydrogens is 218 g/mol. The van der Waals surface area contributed by atoms with E-state index in [0.29, 0.717) is 11.5 Å². The Morgan fingerprint density at radius 2 is 2.18 bits per heavy atom. The predicted molar refractivity (Wildman–Crippen MR) is 67.5 cm³/mol. The molecule has 0 fully saturated rings. The summed E-state index contributed by atoms with van der Waals surface area (Å²) in [6.45, 7) is 4.81. The second-order valence-corrected chi connectivity index (χ2v) is 4.33. The highest BCUT2D eigenvalue weighted by atomic mass is 16.4. The third kappa shape index (κ3) is 4.07. The Hall–Kier alpha value is -1.55. The fraction of sp³-hybridized carbons (Fsp3) is 0.462. The lowest BCUT2D eigenvalue weighted by atomic mass is 10.1. The lowest BCUT2D eigenvalue weighted by Crippen LogP contribution is -2.13. The molecule has 1 unspecified atom stereocenters. The van der Waals surface area contributed by atoms with Gasteiger partial charge in [-0.2, -0.15) is 0 Å². The Balaban J connectivity index is 2.62. The van der Waals surface area contributed by atoms with Crippen LogP contribution in [0.2, 0.25) is 0 Å². The zero-order valence-corrected chi connectivity index (χ0v) is 10.2. The van der Waals surface area contributed by atoms with E-state index in [1.54, 1.807) is 19.1 Å². The van der Waals surface area contributed by atoms with Crippen LogP contribution in [0.15, 0.2) is 18.2 Å². The highest BCUT2D eigenvalue weighted by molar-refractivity contribution is 5.89. The molecule has 3 N–H and O–H groups in total. The summed E-state index contributed by atoms with van der Waals surface area (Å²) in [6, 6.07) is 5.20. The van der Waals surface area contributed by atoms with E-state index in [1.807, 2.05) is 6.07 Å². The minimum atomic E-state index is -0.900. The average molecular weight is 237 g/mol. The van der Waals surface area contributed by atoms with Gasteiger partial charge in [0.25, 0.3) is 0 Å². The minimum Gasteiger partial charge on any atom is -0.478 e. The number of aromatic carboxylic acids is 1. The lowest BCUT2D eigenvalue weighted by Gasteiger charge is -2.13. The van der Waals surface area contributed by atoms with Crippen LogP contribution in [0.1, 0.15) is 29.3 Å². The van der Waals surface area contributed by atoms with E-state index in [2.05, 4.69) is 12.2 Å². The molecule has 0 saturated heterocycles. The number of carboxylic acid groups (broad SMARTS) is 1. The molecule has 0 aliphatic carbocycles. The largest absolute Gasteiger partial charge is 0.478 e. The summed E-state index contributed by atoms with van der Waals surface area (Å²) in [5.41, 5.74) is 1.99. The topological polar surface area (TPSA) is 69.6 Å². The number of rotatable bonds is 6. The molecule has 17 heavy (non-hydrogen) atoms. The van der Waals surface area contributed by atoms with Crippen molar-refractivity contribution in [3.63, 3.8) is 0 Å². The summed E-state index contributed by atoms with van der Waals surface area (Å²) in [4.78, 5) is 10.8. The molecule has 0 aliphatic rings. The van der Waals surface area contributed by atoms with E-state index in [9.17, 15) is 4.79 Å². The molecule has 1 rings (SSSR count). The van der Waals surface area contributed by atoms with Crippen LogP contribution in [0.4, 0.5) is 5.69 Å². The van der Waals surface area contributed by atoms with Crippen LogP contribution in [0.3, 0.4) is 0 Å². The molecule has 4 nitrogen and oxygen atoms in total. The number of hydrogen-bond donors (Lipinski definition) is 3. The molecule has 1 aromatic rings. The quantitative estimate of drug-likeness (QED) is 0.709. The van der Waals surface area contributed by atoms with E-state index in [4.69, 9.17) is 10.2 Å². The number of aliphatic hydroxyl groups excluding tert-OH is 1. The van der Waals surface area contributed by atoms with Gasteiger partial charge in [0.15, 0.2) is 0 Å². The zero-order chi connectivity index (χ0) is 12.8. The zero-order valence-electron chi connectivity index (χ0n) is 10.2. The Bertz CT molecular complexity index is 390. The highest BCUT2D eigenvalue weighted by Crippen LogP contribution is 2.16. The van der Waals surface area contributed by atoms with Crippen LogP contribution in [0, 0.1) is 12.8 Å². The van der Waals surface area contributed by atoms with Gasteiger partial charge in [-0.1, -0.05) is 6.92 Å². The lowest BCUT2D eigenvalue weighted by molar-refractivity contribution is 0.0696. The normalized spacial score (nSPS) is 12.2. The van der Waals surface area contributed by atoms with E-state index in [1.165, 1.54) is 0 Å². The van der Waals surface area contributed by atoms with Crippen molar-refractivity contribution in [1.82, 2.24) is 0 Å². The number of hydrogen-bond acceptors (Lipinski definition) is 3. The van der Waals surface area contributed by atoms with E-state index in [0.717, 1.165) is 24.2 Å². The summed E-state index contributed by atoms with van der Waals surface area (Å²) >= 11 is 0. The van der Waals surface area contributed by atoms with Gasteiger partial charge in [0.05, 0.1) is 5.56 Å². The predicted octanol–water partition coefficient (Wildman–Crippen LogP) is 2.12. The van der Waals surface area contributed by atoms with E-state index < -0.39 is 5.97 Å². The summed E-state index contributed by atoms with van der Waals surface area (Å²) in [7, 11) is 0. The van der Waals surface area contributed by atoms with Crippen molar-refractivity contribution in [2.75, 3.05) is 18.5 Å². The Labute approximate surface area is 101 Å². The van der Waals surface area contributed by atoms with Crippen molar-refractivity contribution < 1.29 is 15.0 Å². The molecule has 0 spiro atoms. The third-order valence-corrected chi connectivity index (χ3v) is 2.73. The molecular formula is C13H19NO3. The number of benzene rings is 1. The van der Waals surface area contributed by atoms with Gasteiger partial charge in [-0.15, -0.1) is 0 Å². The van der Waals surface area contributed by atoms with Crippen molar-refractivity contribution in [1.29, 1.82) is 0 Å². The SMILES string of the molecule is Cc1cc(NCC(C)CCO)ccc1C(=O)O. The standard InChI is InChI=1S/C13H19NO3/c1-9(5-6-15)8-14-11-3-4-12(13(16)17)10(2)7-11/h3-4,7,9,14-15H,5-6,8H2,1-2H3,(H,16,17). The number of carbonyl (C=O) groups is 1. The van der Waals surface area contributed by atoms with Gasteiger partial charge >= 0.3 is 5.97 Å². The molecule has 0 aromatic heterocycles. The first-order valence-electron chi connectivity index (χ1n) is 5.73. The molecule has 0 heterocycles. The average Bonchev–Trinajstić information content (AvgIpc) is 2.26. The Morgan fingerprint density at radius 1 is 1.47 bits per heavy atom. The first-order chi connectivity index (χ1) is 8.04. The summed E-state index contributed by atoms with van der Waals surface area (Å²) in [5.74, 6) is -0.512. The van der Waals surface area contributed by atoms with Gasteiger partial charge in [-0.3, -0.25) is 0 Å². The van der Waals surface area contributed by atoms with Gasteiger partial charge in [0.2, 0.25) is 0 Å². The first kappa shape index (κ1) is 13.5. The maximum absolute atomic E-state index is 10.8. The number of anilines is 1. The van der Waals surface area contributed by atoms with Gasteiger partial charge in [0, 0.05) is 18.8 Å². The van der Waals surface area contributed by atoms with Crippen molar-refractivity contribution in [3.8, 4) is 0 Å². The monoisotopic (exact) mass is 237 g/mol. The molecule has 0 saturated carbocycles. The maximum Gasteiger partial charge on any atom is 0.335 e. The smallest absolute Gasteiger partial charge is 0.335 e. The summed E-state index contributed by atoms with van der Waals surface area (Å²) < 4.78 is 0. The number of aliphatic hydroxyl groups is 1. The number of aryl methyl sites for hydroxylation is 1. The van der Waals surface area contributed by atoms with Gasteiger partial charge in [-0.05, 0) is 43.0 Å². The Kier molecular flexibility index (Phi) is 4.97. The summed E-state index contributed by atoms with van der Waals surface area (Å²) in [6.07, 6.45) is 0.763. The maximum atomic E-state index is 10.8. The van der Waals surface area contributed by atoms with Crippen LogP contribution in [0.25, 0.3) is 0 Å². The number of carboxylic acids is 1. The first-order valence-corrected chi connectivity index (χ1v) is 5.73. The second-order valence-electron chi connectivity index (χ2n) is 4.33. The molecule has 0 aliphatic heterocycles. The fourth-order valence-corrected chi connectivity index (χ4v) is 1.63. The highest BCUT2D eigenvalue weighted by Gasteiger charge is 2.07. The van der Waals surface area contributed by atoms with Gasteiger partial charge in [-0.25, -0.2) is 4.79 Å². The van der Waals surface area contributed by atoms with Crippen molar-refractivity contribution in [3.05, 3.63) is 29.3 Å². The second kappa shape index (κ2) is 6.25. The van der Waals surface area contributed by atoms with Gasteiger partial charge in [0.1, 0.15) is 0 Å². The molecule has 0 amide bonds. The van der Waals surface area contributed by atoms with Crippen molar-refractivity contribution in [2.45, 2.75) is 20.3 Å². The van der Waals surface area contributed by atoms with Crippen LogP contribution < -0.4 is 5.32 Å². The van der Waals surface area contributed by atoms with Crippen LogP contribution >= 0.6 is 0 Å². The van der Waals surface area contributed by atoms with E-state index in [-0.39, 0.29) is 6.61 Å². The van der Waals surface area contributed by atoms with Crippen LogP contribution in [-0.2, 0) is 0 Å². The molecule has 94 valence electrons. The molecule has 1 atom stereocenters. The molecule has 0 radical (unpaired) electrons. The summed E-state index contributed by atoms with van der Waals surface area (Å²) in [5, 5.41) is 20.9. The van der Waals surface area contributed by atoms with Crippen molar-refractivity contribution in [2.24, 2.45) is 5.92 Å². The Morgan fingerprint density at radius 3 is 2.71 bits per heavy atom. The molecule has 4 heteroatoms. The fourth-order valence-electron chi connectivity index (χ4n) is 1.63. The van der Waals surface area contributed by atoms with E-state index >= 15 is 0 Å². The molecule has 1 aromatic carbocycles. The minimum absolute atomic E-state index is 0.194.